The van der Waals surface area contributed by atoms with Crippen LogP contribution in [-0.4, -0.2) is 40.0 Å². The summed E-state index contributed by atoms with van der Waals surface area (Å²) in [5.41, 5.74) is 3.07. The number of pyridine rings is 1. The van der Waals surface area contributed by atoms with Gasteiger partial charge in [-0.3, -0.25) is 4.79 Å². The van der Waals surface area contributed by atoms with Gasteiger partial charge in [-0.05, 0) is 23.3 Å². The molecule has 0 unspecified atom stereocenters. The zero-order valence-electron chi connectivity index (χ0n) is 21.4. The number of methoxy groups -OCH3 is 1. The molecule has 5 rings (SSSR count). The number of amides is 1. The molecule has 0 radical (unpaired) electrons. The van der Waals surface area contributed by atoms with Crippen molar-refractivity contribution in [1.29, 1.82) is 0 Å². The standard InChI is InChI=1S/C31H28N2O6/c1-37-26-16-15-23-19-33(25(31(35)36)18-24(23)29(26)38-20-21-10-4-2-5-11-21)30(34)28(22-12-6-3-7-13-22)39-27-14-8-9-17-32-27/h2-17,25,28H,18-20H2,1H3,(H,35,36)/t25-,28+/m0/s1. The van der Waals surface area contributed by atoms with E-state index in [4.69, 9.17) is 14.2 Å². The van der Waals surface area contributed by atoms with E-state index in [0.29, 0.717) is 29.2 Å². The van der Waals surface area contributed by atoms with E-state index in [2.05, 4.69) is 4.98 Å². The van der Waals surface area contributed by atoms with E-state index >= 15 is 0 Å². The summed E-state index contributed by atoms with van der Waals surface area (Å²) in [6, 6.07) is 26.4. The molecule has 0 aliphatic carbocycles. The molecule has 2 heterocycles. The van der Waals surface area contributed by atoms with Gasteiger partial charge in [0.2, 0.25) is 12.0 Å². The molecule has 0 saturated carbocycles. The van der Waals surface area contributed by atoms with Gasteiger partial charge in [-0.15, -0.1) is 0 Å². The molecule has 8 nitrogen and oxygen atoms in total. The lowest BCUT2D eigenvalue weighted by atomic mass is 9.91. The van der Waals surface area contributed by atoms with Gasteiger partial charge in [0.1, 0.15) is 12.6 Å². The number of carbonyl (C=O) groups is 2. The number of hydrogen-bond donors (Lipinski definition) is 1. The molecule has 1 aliphatic rings. The minimum absolute atomic E-state index is 0.0584. The van der Waals surface area contributed by atoms with Crippen molar-refractivity contribution in [2.24, 2.45) is 0 Å². The van der Waals surface area contributed by atoms with E-state index in [-0.39, 0.29) is 18.8 Å². The highest BCUT2D eigenvalue weighted by Crippen LogP contribution is 2.39. The molecule has 198 valence electrons. The zero-order chi connectivity index (χ0) is 27.2. The van der Waals surface area contributed by atoms with Crippen LogP contribution in [0.3, 0.4) is 0 Å². The van der Waals surface area contributed by atoms with Crippen molar-refractivity contribution < 1.29 is 28.9 Å². The Kier molecular flexibility index (Phi) is 7.73. The fourth-order valence-electron chi connectivity index (χ4n) is 4.69. The maximum Gasteiger partial charge on any atom is 0.326 e. The summed E-state index contributed by atoms with van der Waals surface area (Å²) < 4.78 is 17.8. The van der Waals surface area contributed by atoms with E-state index in [1.807, 2.05) is 42.5 Å². The van der Waals surface area contributed by atoms with E-state index in [0.717, 1.165) is 11.1 Å². The summed E-state index contributed by atoms with van der Waals surface area (Å²) in [5.74, 6) is -0.316. The van der Waals surface area contributed by atoms with Crippen molar-refractivity contribution in [2.75, 3.05) is 7.11 Å². The molecule has 0 saturated heterocycles. The Labute approximate surface area is 226 Å². The summed E-state index contributed by atoms with van der Waals surface area (Å²) in [5, 5.41) is 10.2. The molecule has 0 fully saturated rings. The number of fused-ring (bicyclic) bond motifs is 1. The minimum Gasteiger partial charge on any atom is -0.493 e. The first kappa shape index (κ1) is 25.8. The number of hydrogen-bond acceptors (Lipinski definition) is 6. The van der Waals surface area contributed by atoms with Crippen molar-refractivity contribution in [2.45, 2.75) is 31.7 Å². The van der Waals surface area contributed by atoms with Crippen molar-refractivity contribution in [3.63, 3.8) is 0 Å². The molecule has 1 aliphatic heterocycles. The summed E-state index contributed by atoms with van der Waals surface area (Å²) in [7, 11) is 1.55. The Balaban J connectivity index is 1.48. The van der Waals surface area contributed by atoms with Crippen LogP contribution in [0.15, 0.2) is 97.2 Å². The van der Waals surface area contributed by atoms with Gasteiger partial charge in [-0.2, -0.15) is 0 Å². The smallest absolute Gasteiger partial charge is 0.326 e. The minimum atomic E-state index is -1.13. The summed E-state index contributed by atoms with van der Waals surface area (Å²) >= 11 is 0. The topological polar surface area (TPSA) is 98.2 Å². The van der Waals surface area contributed by atoms with Gasteiger partial charge < -0.3 is 24.2 Å². The van der Waals surface area contributed by atoms with Crippen molar-refractivity contribution in [1.82, 2.24) is 9.88 Å². The van der Waals surface area contributed by atoms with Gasteiger partial charge >= 0.3 is 5.97 Å². The van der Waals surface area contributed by atoms with Gasteiger partial charge in [-0.25, -0.2) is 9.78 Å². The second kappa shape index (κ2) is 11.7. The zero-order valence-corrected chi connectivity index (χ0v) is 21.4. The molecule has 0 bridgehead atoms. The van der Waals surface area contributed by atoms with Crippen LogP contribution in [0.5, 0.6) is 17.4 Å². The molecular formula is C31H28N2O6. The molecular weight excluding hydrogens is 496 g/mol. The maximum atomic E-state index is 14.0. The van der Waals surface area contributed by atoms with Crippen LogP contribution >= 0.6 is 0 Å². The quantitative estimate of drug-likeness (QED) is 0.335. The molecule has 8 heteroatoms. The second-order valence-electron chi connectivity index (χ2n) is 9.11. The highest BCUT2D eigenvalue weighted by molar-refractivity contribution is 5.88. The number of carboxylic acid groups (broad SMARTS) is 1. The Bertz CT molecular complexity index is 1430. The highest BCUT2D eigenvalue weighted by Gasteiger charge is 2.40. The Hall–Kier alpha value is -4.85. The molecule has 0 spiro atoms. The third-order valence-electron chi connectivity index (χ3n) is 6.65. The monoisotopic (exact) mass is 524 g/mol. The third kappa shape index (κ3) is 5.70. The van der Waals surface area contributed by atoms with Crippen LogP contribution in [0, 0.1) is 0 Å². The van der Waals surface area contributed by atoms with Crippen LogP contribution in [0.1, 0.15) is 28.4 Å². The fraction of sp³-hybridized carbons (Fsp3) is 0.194. The SMILES string of the molecule is COc1ccc2c(c1OCc1ccccc1)C[C@@H](C(=O)O)N(C(=O)[C@H](Oc1ccccn1)c1ccccc1)C2. The highest BCUT2D eigenvalue weighted by atomic mass is 16.5. The van der Waals surface area contributed by atoms with E-state index < -0.39 is 24.0 Å². The molecule has 4 aromatic rings. The fourth-order valence-corrected chi connectivity index (χ4v) is 4.69. The Morgan fingerprint density at radius 2 is 1.69 bits per heavy atom. The lowest BCUT2D eigenvalue weighted by molar-refractivity contribution is -0.155. The Morgan fingerprint density at radius 3 is 2.36 bits per heavy atom. The second-order valence-corrected chi connectivity index (χ2v) is 9.11. The van der Waals surface area contributed by atoms with E-state index in [1.165, 1.54) is 4.90 Å². The van der Waals surface area contributed by atoms with Gasteiger partial charge in [0, 0.05) is 36.4 Å². The average molecular weight is 525 g/mol. The summed E-state index contributed by atoms with van der Waals surface area (Å²) in [6.07, 6.45) is 0.559. The number of aliphatic carboxylic acids is 1. The summed E-state index contributed by atoms with van der Waals surface area (Å²) in [4.78, 5) is 32.1. The Morgan fingerprint density at radius 1 is 0.974 bits per heavy atom. The van der Waals surface area contributed by atoms with E-state index in [1.54, 1.807) is 61.8 Å². The number of carbonyl (C=O) groups excluding carboxylic acids is 1. The number of aromatic nitrogens is 1. The van der Waals surface area contributed by atoms with Crippen molar-refractivity contribution in [3.05, 3.63) is 119 Å². The van der Waals surface area contributed by atoms with Crippen LogP contribution in [0.25, 0.3) is 0 Å². The lowest BCUT2D eigenvalue weighted by Crippen LogP contribution is -2.51. The lowest BCUT2D eigenvalue weighted by Gasteiger charge is -2.37. The van der Waals surface area contributed by atoms with Crippen LogP contribution in [0.4, 0.5) is 0 Å². The summed E-state index contributed by atoms with van der Waals surface area (Å²) in [6.45, 7) is 0.369. The number of ether oxygens (including phenoxy) is 3. The first-order valence-corrected chi connectivity index (χ1v) is 12.6. The predicted octanol–water partition coefficient (Wildman–Crippen LogP) is 4.83. The predicted molar refractivity (Wildman–Crippen MR) is 143 cm³/mol. The number of nitrogens with zero attached hydrogens (tertiary/aromatic N) is 2. The number of carboxylic acids is 1. The largest absolute Gasteiger partial charge is 0.493 e. The maximum absolute atomic E-state index is 14.0. The van der Waals surface area contributed by atoms with Gasteiger partial charge in [0.05, 0.1) is 7.11 Å². The normalized spacial score (nSPS) is 15.1. The van der Waals surface area contributed by atoms with Crippen LogP contribution in [0.2, 0.25) is 0 Å². The molecule has 1 N–H and O–H groups in total. The number of rotatable bonds is 9. The molecule has 2 atom stereocenters. The molecule has 3 aromatic carbocycles. The number of benzene rings is 3. The van der Waals surface area contributed by atoms with Crippen molar-refractivity contribution in [3.8, 4) is 17.4 Å². The van der Waals surface area contributed by atoms with Crippen molar-refractivity contribution >= 4 is 11.9 Å². The van der Waals surface area contributed by atoms with Crippen LogP contribution < -0.4 is 14.2 Å². The first-order valence-electron chi connectivity index (χ1n) is 12.6. The molecule has 39 heavy (non-hydrogen) atoms. The van der Waals surface area contributed by atoms with Gasteiger partial charge in [0.25, 0.3) is 5.91 Å². The molecule has 1 aromatic heterocycles. The van der Waals surface area contributed by atoms with Gasteiger partial charge in [0.15, 0.2) is 11.5 Å². The van der Waals surface area contributed by atoms with Gasteiger partial charge in [-0.1, -0.05) is 72.8 Å². The molecule has 1 amide bonds. The average Bonchev–Trinajstić information content (AvgIpc) is 2.99. The third-order valence-corrected chi connectivity index (χ3v) is 6.65. The van der Waals surface area contributed by atoms with E-state index in [9.17, 15) is 14.7 Å². The first-order chi connectivity index (χ1) is 19.0. The van der Waals surface area contributed by atoms with Crippen LogP contribution in [-0.2, 0) is 29.2 Å².